The molecule has 10 nitrogen and oxygen atoms in total. The number of benzene rings is 3. The van der Waals surface area contributed by atoms with Crippen molar-refractivity contribution in [2.45, 2.75) is 0 Å². The third-order valence-electron chi connectivity index (χ3n) is 6.59. The van der Waals surface area contributed by atoms with Gasteiger partial charge in [-0.2, -0.15) is 0 Å². The molecule has 40 heavy (non-hydrogen) atoms. The third kappa shape index (κ3) is 6.01. The molecular weight excluding hydrogens is 510 g/mol. The van der Waals surface area contributed by atoms with Crippen molar-refractivity contribution >= 4 is 17.5 Å². The summed E-state index contributed by atoms with van der Waals surface area (Å²) in [5, 5.41) is 11.8. The van der Waals surface area contributed by atoms with Crippen molar-refractivity contribution in [2.24, 2.45) is 0 Å². The third-order valence-corrected chi connectivity index (χ3v) is 6.59. The lowest BCUT2D eigenvalue weighted by Gasteiger charge is -2.35. The Hall–Kier alpha value is -4.99. The quantitative estimate of drug-likeness (QED) is 0.320. The number of rotatable bonds is 8. The summed E-state index contributed by atoms with van der Waals surface area (Å²) in [5.74, 6) is 3.84. The summed E-state index contributed by atoms with van der Waals surface area (Å²) in [6.45, 7) is 2.43. The lowest BCUT2D eigenvalue weighted by Crippen LogP contribution is -2.50. The monoisotopic (exact) mass is 541 g/mol. The van der Waals surface area contributed by atoms with E-state index in [1.54, 1.807) is 26.2 Å². The van der Waals surface area contributed by atoms with Crippen LogP contribution in [0.3, 0.4) is 0 Å². The smallest absolute Gasteiger partial charge is 0.321 e. The van der Waals surface area contributed by atoms with Crippen LogP contribution >= 0.6 is 0 Å². The number of para-hydroxylation sites is 1. The number of urea groups is 1. The van der Waals surface area contributed by atoms with Gasteiger partial charge in [0.25, 0.3) is 0 Å². The van der Waals surface area contributed by atoms with Crippen molar-refractivity contribution in [3.63, 3.8) is 0 Å². The van der Waals surface area contributed by atoms with E-state index >= 15 is 0 Å². The molecule has 10 heteroatoms. The number of anilines is 2. The summed E-state index contributed by atoms with van der Waals surface area (Å²) in [7, 11) is 4.72. The summed E-state index contributed by atoms with van der Waals surface area (Å²) in [6, 6.07) is 24.3. The highest BCUT2D eigenvalue weighted by Gasteiger charge is 2.23. The van der Waals surface area contributed by atoms with Crippen LogP contribution in [-0.4, -0.2) is 68.6 Å². The highest BCUT2D eigenvalue weighted by Crippen LogP contribution is 2.40. The number of amides is 2. The molecule has 0 radical (unpaired) electrons. The van der Waals surface area contributed by atoms with E-state index < -0.39 is 0 Å². The Morgan fingerprint density at radius 1 is 0.750 bits per heavy atom. The van der Waals surface area contributed by atoms with Crippen LogP contribution in [-0.2, 0) is 0 Å². The van der Waals surface area contributed by atoms with Gasteiger partial charge in [-0.05, 0) is 60.7 Å². The fourth-order valence-electron chi connectivity index (χ4n) is 4.45. The summed E-state index contributed by atoms with van der Waals surface area (Å²) >= 11 is 0. The first kappa shape index (κ1) is 26.6. The van der Waals surface area contributed by atoms with Gasteiger partial charge in [-0.25, -0.2) is 4.79 Å². The number of ether oxygens (including phenoxy) is 4. The van der Waals surface area contributed by atoms with Gasteiger partial charge in [-0.1, -0.05) is 18.2 Å². The molecular formula is C30H31N5O5. The van der Waals surface area contributed by atoms with Gasteiger partial charge < -0.3 is 34.1 Å². The number of methoxy groups -OCH3 is 3. The van der Waals surface area contributed by atoms with Gasteiger partial charge in [0.05, 0.1) is 27.0 Å². The number of hydrogen-bond donors (Lipinski definition) is 1. The molecule has 1 aliphatic heterocycles. The van der Waals surface area contributed by atoms with Crippen molar-refractivity contribution in [1.82, 2.24) is 15.1 Å². The first-order valence-corrected chi connectivity index (χ1v) is 12.9. The summed E-state index contributed by atoms with van der Waals surface area (Å²) in [5.41, 5.74) is 2.19. The fourth-order valence-corrected chi connectivity index (χ4v) is 4.45. The van der Waals surface area contributed by atoms with E-state index in [4.69, 9.17) is 18.9 Å². The highest BCUT2D eigenvalue weighted by molar-refractivity contribution is 5.89. The Kier molecular flexibility index (Phi) is 8.15. The summed E-state index contributed by atoms with van der Waals surface area (Å²) in [4.78, 5) is 16.8. The number of piperazine rings is 1. The second-order valence-electron chi connectivity index (χ2n) is 9.03. The molecule has 206 valence electrons. The Bertz CT molecular complexity index is 1400. The van der Waals surface area contributed by atoms with Crippen LogP contribution in [0.1, 0.15) is 0 Å². The van der Waals surface area contributed by atoms with Crippen LogP contribution in [0.25, 0.3) is 11.3 Å². The maximum absolute atomic E-state index is 12.8. The summed E-state index contributed by atoms with van der Waals surface area (Å²) < 4.78 is 22.1. The molecule has 0 bridgehead atoms. The molecule has 2 amide bonds. The number of nitrogens with zero attached hydrogens (tertiary/aromatic N) is 4. The molecule has 3 aromatic carbocycles. The maximum Gasteiger partial charge on any atom is 0.321 e. The largest absolute Gasteiger partial charge is 0.493 e. The average molecular weight is 542 g/mol. The van der Waals surface area contributed by atoms with Crippen LogP contribution < -0.4 is 29.2 Å². The number of carbonyl (C=O) groups is 1. The van der Waals surface area contributed by atoms with Crippen molar-refractivity contribution in [3.8, 4) is 40.0 Å². The second-order valence-corrected chi connectivity index (χ2v) is 9.03. The van der Waals surface area contributed by atoms with Crippen LogP contribution in [0.5, 0.6) is 28.7 Å². The maximum atomic E-state index is 12.8. The first-order valence-electron chi connectivity index (χ1n) is 12.9. The van der Waals surface area contributed by atoms with E-state index in [-0.39, 0.29) is 6.03 Å². The molecule has 1 saturated heterocycles. The molecule has 0 unspecified atom stereocenters. The highest BCUT2D eigenvalue weighted by atomic mass is 16.5. The molecule has 0 atom stereocenters. The standard InChI is InChI=1S/C30H31N5O5/c1-37-26-19-21(20-27(38-2)29(26)39-3)25-13-14-28(33-32-25)34-15-17-35(18-16-34)30(36)31-22-9-11-24(12-10-22)40-23-7-5-4-6-8-23/h4-14,19-20H,15-18H2,1-3H3,(H,31,36). The minimum Gasteiger partial charge on any atom is -0.493 e. The lowest BCUT2D eigenvalue weighted by molar-refractivity contribution is 0.208. The zero-order valence-corrected chi connectivity index (χ0v) is 22.7. The van der Waals surface area contributed by atoms with Crippen LogP contribution in [0.2, 0.25) is 0 Å². The molecule has 4 aromatic rings. The lowest BCUT2D eigenvalue weighted by atomic mass is 10.1. The van der Waals surface area contributed by atoms with E-state index in [0.717, 1.165) is 17.1 Å². The van der Waals surface area contributed by atoms with E-state index in [9.17, 15) is 4.79 Å². The fraction of sp³-hybridized carbons (Fsp3) is 0.233. The Morgan fingerprint density at radius 3 is 1.98 bits per heavy atom. The zero-order valence-electron chi connectivity index (χ0n) is 22.7. The summed E-state index contributed by atoms with van der Waals surface area (Å²) in [6.07, 6.45) is 0. The van der Waals surface area contributed by atoms with Crippen molar-refractivity contribution in [1.29, 1.82) is 0 Å². The van der Waals surface area contributed by atoms with E-state index in [2.05, 4.69) is 20.4 Å². The Labute approximate surface area is 233 Å². The van der Waals surface area contributed by atoms with Gasteiger partial charge in [0.1, 0.15) is 11.5 Å². The SMILES string of the molecule is COc1cc(-c2ccc(N3CCN(C(=O)Nc4ccc(Oc5ccccc5)cc4)CC3)nn2)cc(OC)c1OC. The van der Waals surface area contributed by atoms with Crippen molar-refractivity contribution < 1.29 is 23.7 Å². The molecule has 0 saturated carbocycles. The molecule has 5 rings (SSSR count). The van der Waals surface area contributed by atoms with Gasteiger partial charge in [0.2, 0.25) is 5.75 Å². The van der Waals surface area contributed by atoms with E-state index in [1.165, 1.54) is 0 Å². The van der Waals surface area contributed by atoms with Crippen LogP contribution in [0, 0.1) is 0 Å². The minimum absolute atomic E-state index is 0.139. The van der Waals surface area contributed by atoms with Gasteiger partial charge in [0, 0.05) is 37.4 Å². The predicted molar refractivity (Wildman–Crippen MR) is 153 cm³/mol. The van der Waals surface area contributed by atoms with E-state index in [0.29, 0.717) is 60.6 Å². The number of carbonyl (C=O) groups excluding carboxylic acids is 1. The average Bonchev–Trinajstić information content (AvgIpc) is 3.02. The minimum atomic E-state index is -0.139. The van der Waals surface area contributed by atoms with Crippen LogP contribution in [0.15, 0.2) is 78.9 Å². The molecule has 0 spiro atoms. The zero-order chi connectivity index (χ0) is 27.9. The topological polar surface area (TPSA) is 98.3 Å². The predicted octanol–water partition coefficient (Wildman–Crippen LogP) is 5.32. The number of hydrogen-bond acceptors (Lipinski definition) is 8. The molecule has 1 fully saturated rings. The number of aromatic nitrogens is 2. The Balaban J connectivity index is 1.16. The van der Waals surface area contributed by atoms with E-state index in [1.807, 2.05) is 78.9 Å². The van der Waals surface area contributed by atoms with Gasteiger partial charge in [-0.15, -0.1) is 10.2 Å². The Morgan fingerprint density at radius 2 is 1.40 bits per heavy atom. The second kappa shape index (κ2) is 12.2. The molecule has 0 aliphatic carbocycles. The van der Waals surface area contributed by atoms with Gasteiger partial charge in [0.15, 0.2) is 17.3 Å². The number of nitrogens with one attached hydrogen (secondary N) is 1. The normalized spacial score (nSPS) is 13.0. The molecule has 1 aromatic heterocycles. The van der Waals surface area contributed by atoms with Gasteiger partial charge >= 0.3 is 6.03 Å². The van der Waals surface area contributed by atoms with Crippen molar-refractivity contribution in [3.05, 3.63) is 78.9 Å². The molecule has 1 aliphatic rings. The van der Waals surface area contributed by atoms with Crippen LogP contribution in [0.4, 0.5) is 16.3 Å². The molecule has 1 N–H and O–H groups in total. The molecule has 2 heterocycles. The van der Waals surface area contributed by atoms with Gasteiger partial charge in [-0.3, -0.25) is 0 Å². The first-order chi connectivity index (χ1) is 19.6. The van der Waals surface area contributed by atoms with Crippen molar-refractivity contribution in [2.75, 3.05) is 57.7 Å².